The van der Waals surface area contributed by atoms with Gasteiger partial charge in [-0.2, -0.15) is 5.10 Å². The number of pyridine rings is 1. The van der Waals surface area contributed by atoms with E-state index in [0.29, 0.717) is 17.3 Å². The van der Waals surface area contributed by atoms with Gasteiger partial charge in [0.05, 0.1) is 73.0 Å². The van der Waals surface area contributed by atoms with Crippen molar-refractivity contribution in [1.29, 1.82) is 0 Å². The Morgan fingerprint density at radius 1 is 0.387 bits per heavy atom. The molecule has 35 heteroatoms. The fourth-order valence-corrected chi connectivity index (χ4v) is 18.9. The first-order chi connectivity index (χ1) is 60.8. The van der Waals surface area contributed by atoms with Gasteiger partial charge in [-0.1, -0.05) is 197 Å². The van der Waals surface area contributed by atoms with Crippen LogP contribution in [0.2, 0.25) is 0 Å². The van der Waals surface area contributed by atoms with Crippen molar-refractivity contribution in [2.75, 3.05) is 0 Å². The van der Waals surface area contributed by atoms with Crippen molar-refractivity contribution < 1.29 is 264 Å². The molecular weight excluding hydrogens is 3060 g/mol. The molecule has 738 valence electrons. The van der Waals surface area contributed by atoms with Gasteiger partial charge in [0.25, 0.3) is 0 Å². The van der Waals surface area contributed by atoms with Crippen LogP contribution < -0.4 is 0 Å². The van der Waals surface area contributed by atoms with Crippen molar-refractivity contribution in [3.05, 3.63) is 295 Å². The average molecular weight is 3170 g/mol. The maximum Gasteiger partial charge on any atom is 0.244 e. The van der Waals surface area contributed by atoms with E-state index in [1.807, 2.05) is 122 Å². The van der Waals surface area contributed by atoms with Gasteiger partial charge in [-0.3, -0.25) is 28.7 Å². The zero-order chi connectivity index (χ0) is 88.2. The number of tetrazole rings is 1. The topological polar surface area (TPSA) is 225 Å². The molecule has 8 aromatic carbocycles. The number of rotatable bonds is 7. The van der Waals surface area contributed by atoms with E-state index in [1.165, 1.54) is 39.2 Å². The Hall–Kier alpha value is -5.17. The summed E-state index contributed by atoms with van der Waals surface area (Å²) in [6.07, 6.45) is 17.2. The van der Waals surface area contributed by atoms with Crippen molar-refractivity contribution in [3.8, 4) is 11.3 Å². The minimum absolute atomic E-state index is 0. The molecule has 0 atom stereocenters. The van der Waals surface area contributed by atoms with Crippen molar-refractivity contribution in [3.63, 3.8) is 0 Å². The van der Waals surface area contributed by atoms with Crippen molar-refractivity contribution in [2.45, 2.75) is 170 Å². The maximum absolute atomic E-state index is 5.10. The normalized spacial score (nSPS) is 11.4. The number of benzene rings is 8. The molecule has 24 rings (SSSR count). The van der Waals surface area contributed by atoms with Crippen LogP contribution in [-0.4, -0.2) is 115 Å². The van der Waals surface area contributed by atoms with Gasteiger partial charge in [-0.05, 0) is 146 Å². The molecule has 0 fully saturated rings. The van der Waals surface area contributed by atoms with Crippen molar-refractivity contribution in [2.24, 2.45) is 27.1 Å². The summed E-state index contributed by atoms with van der Waals surface area (Å²) in [5.41, 5.74) is 26.7. The molecule has 0 aliphatic heterocycles. The SMILES string of the molecule is CC(C)(C)Cc1cc2nc3n4ccnc4c4[c-]cccc4n3c2cc1CC(C)(C)C.CC(C)(C)Cc1nc2n3ccnc3c3[c-]cccc3n2c1CC(C)(C)C.CC(C)c1nc2c(nc3c4[c-]cccc4n4c5ccccc5nc4n23)s1.Cc1cccc(C)c1-c1cnc2c3[c-]cccc3c3c(ncn3CC(C)(C)C)n12.[CH3-].[CH3-].[CH3-].[CH3-].[CH3-].[Ir].[Ir].[Ir].[Ir].[Ir].[Y].[Y].[Y].[Y].[Y].[c-]1cccc2c1c1nncn1c1nnnn21. The Labute approximate surface area is 1030 Å². The van der Waals surface area contributed by atoms with E-state index in [4.69, 9.17) is 34.9 Å². The zero-order valence-corrected chi connectivity index (χ0v) is 112. The van der Waals surface area contributed by atoms with Crippen LogP contribution in [0.25, 0.3) is 161 Å². The Balaban J connectivity index is 0.000000307. The number of hydrogen-bond donors (Lipinski definition) is 0. The summed E-state index contributed by atoms with van der Waals surface area (Å²) in [6, 6.07) is 66.1. The summed E-state index contributed by atoms with van der Waals surface area (Å²) in [5, 5.41) is 26.6. The third kappa shape index (κ3) is 24.5. The first-order valence-corrected chi connectivity index (χ1v) is 44.1. The van der Waals surface area contributed by atoms with Crippen LogP contribution in [0.4, 0.5) is 0 Å². The summed E-state index contributed by atoms with van der Waals surface area (Å²) in [7, 11) is 0. The van der Waals surface area contributed by atoms with E-state index in [2.05, 4.69) is 294 Å². The van der Waals surface area contributed by atoms with Gasteiger partial charge in [0.2, 0.25) is 23.1 Å². The maximum atomic E-state index is 5.10. The van der Waals surface area contributed by atoms with E-state index in [0.717, 1.165) is 181 Å². The molecule has 142 heavy (non-hydrogen) atoms. The Morgan fingerprint density at radius 2 is 0.887 bits per heavy atom. The van der Waals surface area contributed by atoms with Gasteiger partial charge >= 0.3 is 0 Å². The molecule has 16 heterocycles. The summed E-state index contributed by atoms with van der Waals surface area (Å²) >= 11 is 1.66. The molecule has 0 N–H and O–H groups in total. The number of thiazole rings is 1. The number of imidazole rings is 8. The van der Waals surface area contributed by atoms with Gasteiger partial charge in [0.1, 0.15) is 12.0 Å². The van der Waals surface area contributed by atoms with E-state index < -0.39 is 0 Å². The van der Waals surface area contributed by atoms with Gasteiger partial charge in [0.15, 0.2) is 10.5 Å². The molecule has 0 bridgehead atoms. The molecule has 24 aromatic rings. The first-order valence-electron chi connectivity index (χ1n) is 43.3. The van der Waals surface area contributed by atoms with E-state index in [1.54, 1.807) is 26.6 Å². The minimum Gasteiger partial charge on any atom is -0.358 e. The smallest absolute Gasteiger partial charge is 0.244 e. The van der Waals surface area contributed by atoms with Gasteiger partial charge < -0.3 is 68.1 Å². The summed E-state index contributed by atoms with van der Waals surface area (Å²) in [5.74, 6) is 3.66. The Bertz CT molecular complexity index is 8410. The third-order valence-corrected chi connectivity index (χ3v) is 24.2. The molecule has 0 saturated carbocycles. The van der Waals surface area contributed by atoms with Crippen LogP contribution in [-0.2, 0) is 296 Å². The number of nitrogens with zero attached hydrogens (tertiary/aromatic N) is 24. The quantitative estimate of drug-likeness (QED) is 0.135. The van der Waals surface area contributed by atoms with Gasteiger partial charge in [0, 0.05) is 324 Å². The second-order valence-corrected chi connectivity index (χ2v) is 40.8. The number of aromatic nitrogens is 24. The van der Waals surface area contributed by atoms with Crippen LogP contribution >= 0.6 is 11.3 Å². The molecule has 0 amide bonds. The molecular formula is C107H114Ir5N24SY5-10. The standard InChI is InChI=1S/C26H29N4.C25H25N4.C22H27N4.C20H14N5S.C9H4N7.5CH3.5Ir.5Y/c1-25(2,3)15-17-13-20-22(14-18(17)16-26(4,5)6)30-21-10-8-7-9-19(21)23-27-11-12-29(23)24(30)28-20;1-16-9-8-10-17(2)21(16)20-13-26-23-19-12-7-6-11-18(19)22-24(29(20)23)27-15-28(22)14-25(3,4)5;1-21(2,3)13-16-18(14-22(4,5)6)26-17-10-8-7-9-15(17)19-23-11-12-25(19)20(26)24-16;1-11(2)18-23-17-19(26-18)22-16-12-7-3-5-9-14(12)24-15-10-6-4-8-13(15)21-20(24)25(16)17;1-2-4-7-6(3-1)8-11-10-5-15(8)9-12-13-14-16(7)9;;;;;;;;;;;;;;;/h7-8,10-14H,15-16H2,1-6H3;6-11,13,15H,14H2,1-5H3;7-8,10-12H,13-14H2,1-6H3;3-6,8-11H,1-2H3;1-2,4-5H;5*1H3;;;;;;;;;;/q10*-1;;;;;;;;;;. The van der Waals surface area contributed by atoms with E-state index in [-0.39, 0.29) is 328 Å². The molecule has 0 unspecified atom stereocenters. The predicted molar refractivity (Wildman–Crippen MR) is 541 cm³/mol. The summed E-state index contributed by atoms with van der Waals surface area (Å²) in [6.45, 7) is 43.8. The number of aryl methyl sites for hydroxylation is 2. The monoisotopic (exact) mass is 3180 g/mol. The Morgan fingerprint density at radius 3 is 1.45 bits per heavy atom. The average Bonchev–Trinajstić information content (AvgIpc) is 1.54. The van der Waals surface area contributed by atoms with Gasteiger partial charge in [-0.25, -0.2) is 29.4 Å². The number of hydrogen-bond acceptors (Lipinski definition) is 15. The summed E-state index contributed by atoms with van der Waals surface area (Å²) < 4.78 is 20.9. The molecule has 24 nitrogen and oxygen atoms in total. The van der Waals surface area contributed by atoms with Crippen molar-refractivity contribution >= 4 is 161 Å². The predicted octanol–water partition coefficient (Wildman–Crippen LogP) is 24.5. The van der Waals surface area contributed by atoms with E-state index in [9.17, 15) is 0 Å². The fraction of sp³-hybridized carbons (Fsp3) is 0.280. The third-order valence-electron chi connectivity index (χ3n) is 22.9. The molecule has 0 aliphatic carbocycles. The Kier molecular flexibility index (Phi) is 45.0. The van der Waals surface area contributed by atoms with Crippen LogP contribution in [0.3, 0.4) is 0 Å². The van der Waals surface area contributed by atoms with Gasteiger partial charge in [-0.15, -0.1) is 126 Å². The first kappa shape index (κ1) is 127. The number of fused-ring (bicyclic) bond motifs is 36. The minimum atomic E-state index is 0. The molecule has 0 saturated heterocycles. The molecule has 16 aromatic heterocycles. The van der Waals surface area contributed by atoms with Crippen LogP contribution in [0.5, 0.6) is 0 Å². The zero-order valence-electron chi connectivity index (χ0n) is 84.7. The van der Waals surface area contributed by atoms with Crippen molar-refractivity contribution in [1.82, 2.24) is 115 Å². The number of para-hydroxylation sites is 2. The van der Waals surface area contributed by atoms with E-state index >= 15 is 0 Å². The second-order valence-electron chi connectivity index (χ2n) is 39.8. The largest absolute Gasteiger partial charge is 0.358 e. The van der Waals surface area contributed by atoms with Crippen LogP contribution in [0.15, 0.2) is 189 Å². The van der Waals surface area contributed by atoms with Crippen LogP contribution in [0, 0.1) is 108 Å². The molecule has 0 spiro atoms. The fourth-order valence-electron chi connectivity index (χ4n) is 18.0. The molecule has 0 aliphatic rings. The second kappa shape index (κ2) is 50.2. The molecule has 10 radical (unpaired) electrons. The summed E-state index contributed by atoms with van der Waals surface area (Å²) in [4.78, 5) is 44.6. The van der Waals surface area contributed by atoms with Crippen LogP contribution in [0.1, 0.15) is 162 Å².